The van der Waals surface area contributed by atoms with Crippen LogP contribution < -0.4 is 0 Å². The van der Waals surface area contributed by atoms with Crippen LogP contribution in [0.5, 0.6) is 0 Å². The molecule has 2 rings (SSSR count). The SMILES string of the molecule is CC(C)Cc1ccc(Cn2ccnc2)cc1. The van der Waals surface area contributed by atoms with E-state index >= 15 is 0 Å². The van der Waals surface area contributed by atoms with Crippen molar-refractivity contribution in [3.8, 4) is 0 Å². The van der Waals surface area contributed by atoms with E-state index in [1.54, 1.807) is 0 Å². The Balaban J connectivity index is 2.02. The Morgan fingerprint density at radius 1 is 1.12 bits per heavy atom. The normalized spacial score (nSPS) is 10.9. The highest BCUT2D eigenvalue weighted by Gasteiger charge is 1.98. The fraction of sp³-hybridized carbons (Fsp3) is 0.357. The summed E-state index contributed by atoms with van der Waals surface area (Å²) < 4.78 is 2.08. The minimum atomic E-state index is 0.722. The van der Waals surface area contributed by atoms with E-state index in [9.17, 15) is 0 Å². The lowest BCUT2D eigenvalue weighted by molar-refractivity contribution is 0.647. The Morgan fingerprint density at radius 2 is 1.81 bits per heavy atom. The molecule has 2 nitrogen and oxygen atoms in total. The molecule has 0 spiro atoms. The molecule has 0 unspecified atom stereocenters. The lowest BCUT2D eigenvalue weighted by Gasteiger charge is -2.07. The number of benzene rings is 1. The molecule has 0 radical (unpaired) electrons. The van der Waals surface area contributed by atoms with E-state index in [4.69, 9.17) is 0 Å². The van der Waals surface area contributed by atoms with Crippen LogP contribution in [0.25, 0.3) is 0 Å². The van der Waals surface area contributed by atoms with Crippen LogP contribution in [0.2, 0.25) is 0 Å². The monoisotopic (exact) mass is 214 g/mol. The van der Waals surface area contributed by atoms with Crippen molar-refractivity contribution in [2.24, 2.45) is 5.92 Å². The van der Waals surface area contributed by atoms with Crippen molar-refractivity contribution in [2.75, 3.05) is 0 Å². The Kier molecular flexibility index (Phi) is 3.40. The van der Waals surface area contributed by atoms with E-state index in [0.29, 0.717) is 0 Å². The fourth-order valence-electron chi connectivity index (χ4n) is 1.84. The smallest absolute Gasteiger partial charge is 0.0949 e. The van der Waals surface area contributed by atoms with Gasteiger partial charge < -0.3 is 4.57 Å². The highest BCUT2D eigenvalue weighted by molar-refractivity contribution is 5.23. The summed E-state index contributed by atoms with van der Waals surface area (Å²) in [5.41, 5.74) is 2.75. The molecule has 0 aliphatic rings. The minimum absolute atomic E-state index is 0.722. The minimum Gasteiger partial charge on any atom is -0.333 e. The lowest BCUT2D eigenvalue weighted by Crippen LogP contribution is -1.98. The second-order valence-corrected chi connectivity index (χ2v) is 4.65. The van der Waals surface area contributed by atoms with Crippen molar-refractivity contribution in [2.45, 2.75) is 26.8 Å². The van der Waals surface area contributed by atoms with Crippen LogP contribution in [0.3, 0.4) is 0 Å². The number of nitrogens with zero attached hydrogens (tertiary/aromatic N) is 2. The van der Waals surface area contributed by atoms with E-state index in [1.165, 1.54) is 11.1 Å². The molecule has 1 aromatic carbocycles. The molecule has 0 saturated carbocycles. The van der Waals surface area contributed by atoms with Crippen LogP contribution in [0.1, 0.15) is 25.0 Å². The van der Waals surface area contributed by atoms with E-state index < -0.39 is 0 Å². The third kappa shape index (κ3) is 2.96. The molecule has 0 bridgehead atoms. The highest BCUT2D eigenvalue weighted by Crippen LogP contribution is 2.10. The van der Waals surface area contributed by atoms with Gasteiger partial charge in [0.25, 0.3) is 0 Å². The standard InChI is InChI=1S/C14H18N2/c1-12(2)9-13-3-5-14(6-4-13)10-16-8-7-15-11-16/h3-8,11-12H,9-10H2,1-2H3. The van der Waals surface area contributed by atoms with Gasteiger partial charge in [-0.1, -0.05) is 38.1 Å². The van der Waals surface area contributed by atoms with Gasteiger partial charge in [0.1, 0.15) is 0 Å². The maximum atomic E-state index is 4.04. The van der Waals surface area contributed by atoms with Crippen LogP contribution in [-0.2, 0) is 13.0 Å². The molecule has 0 amide bonds. The van der Waals surface area contributed by atoms with Crippen molar-refractivity contribution >= 4 is 0 Å². The molecule has 0 aliphatic carbocycles. The third-order valence-corrected chi connectivity index (χ3v) is 2.59. The largest absolute Gasteiger partial charge is 0.333 e. The first-order valence-corrected chi connectivity index (χ1v) is 5.77. The lowest BCUT2D eigenvalue weighted by atomic mass is 10.0. The first-order chi connectivity index (χ1) is 7.74. The van der Waals surface area contributed by atoms with Crippen molar-refractivity contribution < 1.29 is 0 Å². The fourth-order valence-corrected chi connectivity index (χ4v) is 1.84. The molecule has 1 aromatic heterocycles. The maximum absolute atomic E-state index is 4.04. The summed E-state index contributed by atoms with van der Waals surface area (Å²) in [6.07, 6.45) is 6.81. The van der Waals surface area contributed by atoms with E-state index in [2.05, 4.69) is 47.7 Å². The Hall–Kier alpha value is -1.57. The van der Waals surface area contributed by atoms with Crippen molar-refractivity contribution in [1.29, 1.82) is 0 Å². The van der Waals surface area contributed by atoms with Crippen LogP contribution in [0, 0.1) is 5.92 Å². The topological polar surface area (TPSA) is 17.8 Å². The molecule has 16 heavy (non-hydrogen) atoms. The van der Waals surface area contributed by atoms with Gasteiger partial charge in [0.2, 0.25) is 0 Å². The average Bonchev–Trinajstić information content (AvgIpc) is 2.73. The molecule has 84 valence electrons. The average molecular weight is 214 g/mol. The number of hydrogen-bond acceptors (Lipinski definition) is 1. The highest BCUT2D eigenvalue weighted by atomic mass is 15.0. The van der Waals surface area contributed by atoms with Gasteiger partial charge >= 0.3 is 0 Å². The summed E-state index contributed by atoms with van der Waals surface area (Å²) >= 11 is 0. The maximum Gasteiger partial charge on any atom is 0.0949 e. The van der Waals surface area contributed by atoms with Crippen molar-refractivity contribution in [1.82, 2.24) is 9.55 Å². The van der Waals surface area contributed by atoms with Gasteiger partial charge in [0.05, 0.1) is 6.33 Å². The molecule has 0 fully saturated rings. The van der Waals surface area contributed by atoms with Crippen LogP contribution in [-0.4, -0.2) is 9.55 Å². The van der Waals surface area contributed by atoms with Gasteiger partial charge in [-0.3, -0.25) is 0 Å². The Morgan fingerprint density at radius 3 is 2.38 bits per heavy atom. The second-order valence-electron chi connectivity index (χ2n) is 4.65. The molecule has 2 aromatic rings. The summed E-state index contributed by atoms with van der Waals surface area (Å²) in [5, 5.41) is 0. The van der Waals surface area contributed by atoms with E-state index in [-0.39, 0.29) is 0 Å². The summed E-state index contributed by atoms with van der Waals surface area (Å²) in [7, 11) is 0. The number of imidazole rings is 1. The van der Waals surface area contributed by atoms with Crippen molar-refractivity contribution in [3.63, 3.8) is 0 Å². The molecular formula is C14H18N2. The molecule has 0 aliphatic heterocycles. The molecule has 0 saturated heterocycles. The molecule has 0 N–H and O–H groups in total. The first kappa shape index (κ1) is 10.9. The number of aromatic nitrogens is 2. The second kappa shape index (κ2) is 4.97. The van der Waals surface area contributed by atoms with Crippen molar-refractivity contribution in [3.05, 3.63) is 54.1 Å². The summed E-state index contributed by atoms with van der Waals surface area (Å²) in [5.74, 6) is 0.722. The van der Waals surface area contributed by atoms with Gasteiger partial charge in [0.15, 0.2) is 0 Å². The summed E-state index contributed by atoms with van der Waals surface area (Å²) in [4.78, 5) is 4.04. The van der Waals surface area contributed by atoms with Gasteiger partial charge in [-0.15, -0.1) is 0 Å². The molecular weight excluding hydrogens is 196 g/mol. The van der Waals surface area contributed by atoms with Crippen LogP contribution >= 0.6 is 0 Å². The third-order valence-electron chi connectivity index (χ3n) is 2.59. The Labute approximate surface area is 97.0 Å². The predicted octanol–water partition coefficient (Wildman–Crippen LogP) is 3.13. The molecule has 2 heteroatoms. The predicted molar refractivity (Wildman–Crippen MR) is 66.3 cm³/mol. The van der Waals surface area contributed by atoms with Gasteiger partial charge in [-0.05, 0) is 23.5 Å². The zero-order valence-electron chi connectivity index (χ0n) is 9.93. The Bertz CT molecular complexity index is 413. The van der Waals surface area contributed by atoms with Gasteiger partial charge in [-0.25, -0.2) is 4.98 Å². The summed E-state index contributed by atoms with van der Waals surface area (Å²) in [6, 6.07) is 8.87. The zero-order chi connectivity index (χ0) is 11.4. The van der Waals surface area contributed by atoms with E-state index in [0.717, 1.165) is 18.9 Å². The first-order valence-electron chi connectivity index (χ1n) is 5.77. The zero-order valence-corrected chi connectivity index (χ0v) is 9.93. The van der Waals surface area contributed by atoms with Crippen LogP contribution in [0.15, 0.2) is 43.0 Å². The summed E-state index contributed by atoms with van der Waals surface area (Å²) in [6.45, 7) is 5.40. The number of rotatable bonds is 4. The van der Waals surface area contributed by atoms with Crippen LogP contribution in [0.4, 0.5) is 0 Å². The van der Waals surface area contributed by atoms with Gasteiger partial charge in [0, 0.05) is 18.9 Å². The van der Waals surface area contributed by atoms with Gasteiger partial charge in [-0.2, -0.15) is 0 Å². The molecule has 1 heterocycles. The molecule has 0 atom stereocenters. The quantitative estimate of drug-likeness (QED) is 0.764. The van der Waals surface area contributed by atoms with E-state index in [1.807, 2.05) is 18.7 Å². The number of hydrogen-bond donors (Lipinski definition) is 0.